The third kappa shape index (κ3) is 2.11. The van der Waals surface area contributed by atoms with Crippen molar-refractivity contribution in [2.24, 2.45) is 5.92 Å². The van der Waals surface area contributed by atoms with Gasteiger partial charge in [-0.3, -0.25) is 4.79 Å². The minimum atomic E-state index is 0.00356. The van der Waals surface area contributed by atoms with Crippen LogP contribution in [0.4, 0.5) is 0 Å². The van der Waals surface area contributed by atoms with Gasteiger partial charge in [0.2, 0.25) is 5.91 Å². The van der Waals surface area contributed by atoms with Crippen LogP contribution in [0.25, 0.3) is 0 Å². The van der Waals surface area contributed by atoms with E-state index in [4.69, 9.17) is 0 Å². The molecule has 1 N–H and O–H groups in total. The van der Waals surface area contributed by atoms with Crippen molar-refractivity contribution in [1.82, 2.24) is 5.32 Å². The molecule has 2 nitrogen and oxygen atoms in total. The van der Waals surface area contributed by atoms with Crippen LogP contribution in [0.3, 0.4) is 0 Å². The van der Waals surface area contributed by atoms with E-state index in [2.05, 4.69) is 34.8 Å². The van der Waals surface area contributed by atoms with Crippen molar-refractivity contribution in [2.45, 2.75) is 30.2 Å². The van der Waals surface area contributed by atoms with Crippen LogP contribution >= 0.6 is 22.6 Å². The summed E-state index contributed by atoms with van der Waals surface area (Å²) < 4.78 is 0.00356. The zero-order valence-electron chi connectivity index (χ0n) is 6.28. The number of rotatable bonds is 2. The molecule has 0 aromatic heterocycles. The highest BCUT2D eigenvalue weighted by molar-refractivity contribution is 14.1. The molecule has 1 atom stereocenters. The first kappa shape index (κ1) is 8.30. The van der Waals surface area contributed by atoms with Crippen molar-refractivity contribution in [3.05, 3.63) is 0 Å². The Hall–Kier alpha value is 0.200. The Labute approximate surface area is 74.9 Å². The highest BCUT2D eigenvalue weighted by Crippen LogP contribution is 2.43. The largest absolute Gasteiger partial charge is 0.342 e. The maximum absolute atomic E-state index is 10.7. The summed E-state index contributed by atoms with van der Waals surface area (Å²) in [6.45, 7) is 3.64. The Morgan fingerprint density at radius 1 is 1.70 bits per heavy atom. The lowest BCUT2D eigenvalue weighted by molar-refractivity contribution is -0.119. The first-order valence-electron chi connectivity index (χ1n) is 3.50. The van der Waals surface area contributed by atoms with E-state index < -0.39 is 0 Å². The van der Waals surface area contributed by atoms with Crippen molar-refractivity contribution in [3.63, 3.8) is 0 Å². The molecule has 0 aromatic rings. The number of hydrogen-bond acceptors (Lipinski definition) is 1. The van der Waals surface area contributed by atoms with Crippen LogP contribution in [0, 0.1) is 5.92 Å². The molecule has 0 aromatic carbocycles. The lowest BCUT2D eigenvalue weighted by Crippen LogP contribution is -2.41. The average molecular weight is 253 g/mol. The van der Waals surface area contributed by atoms with Crippen LogP contribution in [-0.4, -0.2) is 9.45 Å². The van der Waals surface area contributed by atoms with E-state index in [1.807, 2.05) is 0 Å². The highest BCUT2D eigenvalue weighted by Gasteiger charge is 2.39. The number of hydrogen-bond donors (Lipinski definition) is 1. The lowest BCUT2D eigenvalue weighted by Gasteiger charge is -2.22. The third-order valence-electron chi connectivity index (χ3n) is 1.76. The molecule has 0 aliphatic heterocycles. The van der Waals surface area contributed by atoms with Crippen molar-refractivity contribution in [2.75, 3.05) is 0 Å². The number of carbonyl (C=O) groups excluding carboxylic acids is 1. The SMILES string of the molecule is CC(=O)NC(C)(I)C1CC1. The Balaban J connectivity index is 2.41. The minimum Gasteiger partial charge on any atom is -0.342 e. The van der Waals surface area contributed by atoms with Gasteiger partial charge in [0.25, 0.3) is 0 Å². The van der Waals surface area contributed by atoms with E-state index in [1.54, 1.807) is 6.92 Å². The molecule has 0 spiro atoms. The quantitative estimate of drug-likeness (QED) is 0.453. The van der Waals surface area contributed by atoms with Crippen LogP contribution in [0.1, 0.15) is 26.7 Å². The van der Waals surface area contributed by atoms with Crippen molar-refractivity contribution < 1.29 is 4.79 Å². The monoisotopic (exact) mass is 253 g/mol. The van der Waals surface area contributed by atoms with Gasteiger partial charge in [-0.2, -0.15) is 0 Å². The summed E-state index contributed by atoms with van der Waals surface area (Å²) in [4.78, 5) is 10.7. The first-order valence-corrected chi connectivity index (χ1v) is 4.58. The van der Waals surface area contributed by atoms with Gasteiger partial charge in [-0.25, -0.2) is 0 Å². The fourth-order valence-electron chi connectivity index (χ4n) is 1.07. The molecular formula is C7H12INO. The molecule has 1 aliphatic carbocycles. The molecule has 3 heteroatoms. The van der Waals surface area contributed by atoms with Gasteiger partial charge in [-0.15, -0.1) is 0 Å². The average Bonchev–Trinajstić information content (AvgIpc) is 2.35. The summed E-state index contributed by atoms with van der Waals surface area (Å²) in [7, 11) is 0. The number of carbonyl (C=O) groups is 1. The fourth-order valence-corrected chi connectivity index (χ4v) is 2.07. The summed E-state index contributed by atoms with van der Waals surface area (Å²) in [6, 6.07) is 0. The second-order valence-corrected chi connectivity index (χ2v) is 5.27. The Morgan fingerprint density at radius 3 is 2.50 bits per heavy atom. The smallest absolute Gasteiger partial charge is 0.217 e. The molecule has 0 bridgehead atoms. The second kappa shape index (κ2) is 2.68. The highest BCUT2D eigenvalue weighted by atomic mass is 127. The topological polar surface area (TPSA) is 29.1 Å². The van der Waals surface area contributed by atoms with Crippen molar-refractivity contribution in [1.29, 1.82) is 0 Å². The normalized spacial score (nSPS) is 23.5. The van der Waals surface area contributed by atoms with Crippen LogP contribution < -0.4 is 5.32 Å². The van der Waals surface area contributed by atoms with Gasteiger partial charge in [-0.1, -0.05) is 22.6 Å². The van der Waals surface area contributed by atoms with E-state index in [0.717, 1.165) is 0 Å². The Morgan fingerprint density at radius 2 is 2.20 bits per heavy atom. The predicted octanol–water partition coefficient (Wildman–Crippen LogP) is 1.68. The molecular weight excluding hydrogens is 241 g/mol. The standard InChI is InChI=1S/C7H12INO/c1-5(10)9-7(2,8)6-3-4-6/h6H,3-4H2,1-2H3,(H,9,10). The summed E-state index contributed by atoms with van der Waals surface area (Å²) in [5.41, 5.74) is 0. The second-order valence-electron chi connectivity index (χ2n) is 3.03. The van der Waals surface area contributed by atoms with Gasteiger partial charge in [0.15, 0.2) is 0 Å². The predicted molar refractivity (Wildman–Crippen MR) is 49.0 cm³/mol. The first-order chi connectivity index (χ1) is 4.52. The molecule has 1 rings (SSSR count). The molecule has 1 saturated carbocycles. The molecule has 10 heavy (non-hydrogen) atoms. The molecule has 0 radical (unpaired) electrons. The van der Waals surface area contributed by atoms with Gasteiger partial charge >= 0.3 is 0 Å². The summed E-state index contributed by atoms with van der Waals surface area (Å²) in [6.07, 6.45) is 2.53. The van der Waals surface area contributed by atoms with Crippen LogP contribution in [0.5, 0.6) is 0 Å². The molecule has 1 unspecified atom stereocenters. The van der Waals surface area contributed by atoms with E-state index in [1.165, 1.54) is 12.8 Å². The Kier molecular flexibility index (Phi) is 2.22. The van der Waals surface area contributed by atoms with Crippen molar-refractivity contribution in [3.8, 4) is 0 Å². The molecule has 0 saturated heterocycles. The van der Waals surface area contributed by atoms with Gasteiger partial charge < -0.3 is 5.32 Å². The van der Waals surface area contributed by atoms with Crippen LogP contribution in [0.15, 0.2) is 0 Å². The van der Waals surface area contributed by atoms with E-state index in [-0.39, 0.29) is 9.45 Å². The third-order valence-corrected chi connectivity index (χ3v) is 2.91. The van der Waals surface area contributed by atoms with Gasteiger partial charge in [0, 0.05) is 6.92 Å². The van der Waals surface area contributed by atoms with E-state index in [9.17, 15) is 4.79 Å². The van der Waals surface area contributed by atoms with E-state index >= 15 is 0 Å². The minimum absolute atomic E-state index is 0.00356. The summed E-state index contributed by atoms with van der Waals surface area (Å²) in [5, 5.41) is 2.93. The maximum atomic E-state index is 10.7. The summed E-state index contributed by atoms with van der Waals surface area (Å²) >= 11 is 2.31. The lowest BCUT2D eigenvalue weighted by atomic mass is 10.2. The number of nitrogens with one attached hydrogen (secondary N) is 1. The summed E-state index contributed by atoms with van der Waals surface area (Å²) in [5.74, 6) is 0.779. The molecule has 1 fully saturated rings. The zero-order valence-corrected chi connectivity index (χ0v) is 8.44. The van der Waals surface area contributed by atoms with Crippen molar-refractivity contribution >= 4 is 28.5 Å². The number of halogens is 1. The van der Waals surface area contributed by atoms with E-state index in [0.29, 0.717) is 5.92 Å². The molecule has 1 aliphatic rings. The van der Waals surface area contributed by atoms with Gasteiger partial charge in [-0.05, 0) is 25.7 Å². The zero-order chi connectivity index (χ0) is 7.78. The molecule has 0 heterocycles. The fraction of sp³-hybridized carbons (Fsp3) is 0.857. The van der Waals surface area contributed by atoms with Crippen LogP contribution in [0.2, 0.25) is 0 Å². The van der Waals surface area contributed by atoms with Crippen LogP contribution in [-0.2, 0) is 4.79 Å². The maximum Gasteiger partial charge on any atom is 0.217 e. The molecule has 58 valence electrons. The van der Waals surface area contributed by atoms with Gasteiger partial charge in [0.1, 0.15) is 0 Å². The van der Waals surface area contributed by atoms with Gasteiger partial charge in [0.05, 0.1) is 3.55 Å². The number of amides is 1. The number of alkyl halides is 1. The molecule has 1 amide bonds. The Bertz CT molecular complexity index is 152.